The van der Waals surface area contributed by atoms with Crippen molar-refractivity contribution in [3.8, 4) is 0 Å². The van der Waals surface area contributed by atoms with Crippen molar-refractivity contribution in [2.24, 2.45) is 0 Å². The lowest BCUT2D eigenvalue weighted by molar-refractivity contribution is 0.696. The minimum absolute atomic E-state index is 0.0455. The van der Waals surface area contributed by atoms with Crippen LogP contribution >= 0.6 is 11.8 Å². The Kier molecular flexibility index (Phi) is 4.73. The number of aromatic amines is 1. The Morgan fingerprint density at radius 1 is 1.50 bits per heavy atom. The normalized spacial score (nSPS) is 10.4. The van der Waals surface area contributed by atoms with Gasteiger partial charge in [-0.25, -0.2) is 4.98 Å². The van der Waals surface area contributed by atoms with E-state index < -0.39 is 0 Å². The third kappa shape index (κ3) is 3.54. The Morgan fingerprint density at radius 2 is 2.29 bits per heavy atom. The maximum Gasteiger partial charge on any atom is 0.251 e. The first-order valence-corrected chi connectivity index (χ1v) is 6.13. The van der Waals surface area contributed by atoms with Gasteiger partial charge in [-0.05, 0) is 19.1 Å². The fourth-order valence-electron chi connectivity index (χ4n) is 1.26. The zero-order valence-electron chi connectivity index (χ0n) is 8.67. The van der Waals surface area contributed by atoms with Crippen LogP contribution in [0.25, 0.3) is 0 Å². The van der Waals surface area contributed by atoms with E-state index in [1.807, 2.05) is 6.26 Å². The topological polar surface area (TPSA) is 45.8 Å². The Morgan fingerprint density at radius 3 is 2.93 bits per heavy atom. The van der Waals surface area contributed by atoms with Gasteiger partial charge in [0.15, 0.2) is 5.16 Å². The maximum atomic E-state index is 11.2. The second-order valence-electron chi connectivity index (χ2n) is 3.20. The van der Waals surface area contributed by atoms with E-state index in [1.165, 1.54) is 24.6 Å². The summed E-state index contributed by atoms with van der Waals surface area (Å²) in [6, 6.07) is 1.59. The highest BCUT2D eigenvalue weighted by Gasteiger charge is 1.99. The van der Waals surface area contributed by atoms with Gasteiger partial charge in [-0.3, -0.25) is 4.79 Å². The zero-order valence-corrected chi connectivity index (χ0v) is 9.49. The molecule has 1 aromatic rings. The van der Waals surface area contributed by atoms with Crippen LogP contribution in [0, 0.1) is 0 Å². The van der Waals surface area contributed by atoms with Crippen molar-refractivity contribution in [1.82, 2.24) is 9.97 Å². The molecular weight excluding hydrogens is 196 g/mol. The quantitative estimate of drug-likeness (QED) is 0.462. The van der Waals surface area contributed by atoms with Crippen molar-refractivity contribution in [2.75, 3.05) is 6.26 Å². The van der Waals surface area contributed by atoms with Crippen LogP contribution in [0.2, 0.25) is 0 Å². The number of thioether (sulfide) groups is 1. The Bertz CT molecular complexity index is 335. The molecule has 1 rings (SSSR count). The molecule has 3 nitrogen and oxygen atoms in total. The number of H-pyrrole nitrogens is 1. The molecule has 0 saturated heterocycles. The van der Waals surface area contributed by atoms with Crippen LogP contribution in [0.1, 0.15) is 31.9 Å². The summed E-state index contributed by atoms with van der Waals surface area (Å²) in [6.45, 7) is 2.17. The van der Waals surface area contributed by atoms with E-state index in [1.54, 1.807) is 6.07 Å². The van der Waals surface area contributed by atoms with Gasteiger partial charge in [0.2, 0.25) is 0 Å². The highest BCUT2D eigenvalue weighted by atomic mass is 32.2. The van der Waals surface area contributed by atoms with Crippen LogP contribution in [-0.4, -0.2) is 16.2 Å². The SMILES string of the molecule is CCCCCc1cc(=O)[nH]c(SC)n1. The largest absolute Gasteiger partial charge is 0.301 e. The lowest BCUT2D eigenvalue weighted by atomic mass is 10.1. The molecule has 0 unspecified atom stereocenters. The van der Waals surface area contributed by atoms with Crippen LogP contribution in [0.4, 0.5) is 0 Å². The van der Waals surface area contributed by atoms with E-state index in [0.29, 0.717) is 5.16 Å². The minimum atomic E-state index is -0.0455. The van der Waals surface area contributed by atoms with Gasteiger partial charge < -0.3 is 4.98 Å². The molecule has 14 heavy (non-hydrogen) atoms. The number of hydrogen-bond donors (Lipinski definition) is 1. The van der Waals surface area contributed by atoms with Crippen LogP contribution in [0.3, 0.4) is 0 Å². The van der Waals surface area contributed by atoms with Crippen LogP contribution < -0.4 is 5.56 Å². The summed E-state index contributed by atoms with van der Waals surface area (Å²) in [6.07, 6.45) is 6.32. The highest BCUT2D eigenvalue weighted by Crippen LogP contribution is 2.08. The molecule has 0 bridgehead atoms. The van der Waals surface area contributed by atoms with E-state index in [-0.39, 0.29) is 5.56 Å². The van der Waals surface area contributed by atoms with Crippen molar-refractivity contribution in [2.45, 2.75) is 37.8 Å². The Balaban J connectivity index is 2.67. The number of rotatable bonds is 5. The summed E-state index contributed by atoms with van der Waals surface area (Å²) in [7, 11) is 0. The van der Waals surface area contributed by atoms with Gasteiger partial charge in [0.1, 0.15) is 0 Å². The predicted octanol–water partition coefficient (Wildman–Crippen LogP) is 2.22. The first-order chi connectivity index (χ1) is 6.76. The summed E-state index contributed by atoms with van der Waals surface area (Å²) < 4.78 is 0. The second-order valence-corrected chi connectivity index (χ2v) is 4.00. The van der Waals surface area contributed by atoms with Gasteiger partial charge in [0.25, 0.3) is 5.56 Å². The number of unbranched alkanes of at least 4 members (excludes halogenated alkanes) is 2. The molecule has 0 aliphatic rings. The molecule has 0 atom stereocenters. The standard InChI is InChI=1S/C10H16N2OS/c1-3-4-5-6-8-7-9(13)12-10(11-8)14-2/h7H,3-6H2,1-2H3,(H,11,12,13). The summed E-state index contributed by atoms with van der Waals surface area (Å²) in [5.41, 5.74) is 0.863. The molecule has 0 amide bonds. The molecule has 1 heterocycles. The van der Waals surface area contributed by atoms with Crippen molar-refractivity contribution in [1.29, 1.82) is 0 Å². The monoisotopic (exact) mass is 212 g/mol. The molecule has 0 aliphatic carbocycles. The minimum Gasteiger partial charge on any atom is -0.301 e. The fourth-order valence-corrected chi connectivity index (χ4v) is 1.68. The predicted molar refractivity (Wildman–Crippen MR) is 59.9 cm³/mol. The lowest BCUT2D eigenvalue weighted by Crippen LogP contribution is -2.09. The fraction of sp³-hybridized carbons (Fsp3) is 0.600. The summed E-state index contributed by atoms with van der Waals surface area (Å²) >= 11 is 1.47. The van der Waals surface area contributed by atoms with E-state index in [0.717, 1.165) is 18.5 Å². The maximum absolute atomic E-state index is 11.2. The molecule has 78 valence electrons. The number of aryl methyl sites for hydroxylation is 1. The third-order valence-corrected chi connectivity index (χ3v) is 2.58. The molecule has 0 spiro atoms. The first kappa shape index (κ1) is 11.3. The van der Waals surface area contributed by atoms with Crippen LogP contribution in [-0.2, 0) is 6.42 Å². The van der Waals surface area contributed by atoms with Gasteiger partial charge in [0.05, 0.1) is 0 Å². The zero-order chi connectivity index (χ0) is 10.4. The molecular formula is C10H16N2OS. The van der Waals surface area contributed by atoms with Crippen LogP contribution in [0.5, 0.6) is 0 Å². The van der Waals surface area contributed by atoms with Crippen molar-refractivity contribution in [3.05, 3.63) is 22.1 Å². The van der Waals surface area contributed by atoms with Crippen LogP contribution in [0.15, 0.2) is 16.0 Å². The first-order valence-electron chi connectivity index (χ1n) is 4.90. The van der Waals surface area contributed by atoms with Crippen molar-refractivity contribution >= 4 is 11.8 Å². The molecule has 4 heteroatoms. The van der Waals surface area contributed by atoms with Gasteiger partial charge >= 0.3 is 0 Å². The molecule has 0 fully saturated rings. The number of nitrogens with one attached hydrogen (secondary N) is 1. The lowest BCUT2D eigenvalue weighted by Gasteiger charge is -2.01. The summed E-state index contributed by atoms with van der Waals surface area (Å²) in [5, 5.41) is 0.712. The molecule has 0 aliphatic heterocycles. The molecule has 1 N–H and O–H groups in total. The second kappa shape index (κ2) is 5.86. The molecule has 1 aromatic heterocycles. The van der Waals surface area contributed by atoms with E-state index >= 15 is 0 Å². The van der Waals surface area contributed by atoms with Gasteiger partial charge in [-0.1, -0.05) is 31.5 Å². The molecule has 0 aromatic carbocycles. The Labute approximate surface area is 88.3 Å². The third-order valence-electron chi connectivity index (χ3n) is 2.00. The highest BCUT2D eigenvalue weighted by molar-refractivity contribution is 7.98. The average molecular weight is 212 g/mol. The van der Waals surface area contributed by atoms with Gasteiger partial charge in [-0.2, -0.15) is 0 Å². The van der Waals surface area contributed by atoms with Gasteiger partial charge in [-0.15, -0.1) is 0 Å². The number of aromatic nitrogens is 2. The smallest absolute Gasteiger partial charge is 0.251 e. The number of hydrogen-bond acceptors (Lipinski definition) is 3. The van der Waals surface area contributed by atoms with Crippen molar-refractivity contribution < 1.29 is 0 Å². The van der Waals surface area contributed by atoms with E-state index in [4.69, 9.17) is 0 Å². The number of nitrogens with zero attached hydrogens (tertiary/aromatic N) is 1. The van der Waals surface area contributed by atoms with Crippen molar-refractivity contribution in [3.63, 3.8) is 0 Å². The summed E-state index contributed by atoms with van der Waals surface area (Å²) in [4.78, 5) is 18.2. The van der Waals surface area contributed by atoms with E-state index in [9.17, 15) is 4.79 Å². The van der Waals surface area contributed by atoms with Gasteiger partial charge in [0, 0.05) is 11.8 Å². The van der Waals surface area contributed by atoms with E-state index in [2.05, 4.69) is 16.9 Å². The average Bonchev–Trinajstić information content (AvgIpc) is 2.17. The molecule has 0 radical (unpaired) electrons. The Hall–Kier alpha value is -0.770. The molecule has 0 saturated carbocycles. The summed E-state index contributed by atoms with van der Waals surface area (Å²) in [5.74, 6) is 0.